The van der Waals surface area contributed by atoms with Crippen LogP contribution in [0.4, 0.5) is 0 Å². The zero-order valence-corrected chi connectivity index (χ0v) is 7.65. The Bertz CT molecular complexity index is 152. The van der Waals surface area contributed by atoms with Gasteiger partial charge in [-0.1, -0.05) is 31.0 Å². The molecule has 64 valence electrons. The number of halogens is 1. The van der Waals surface area contributed by atoms with Gasteiger partial charge in [0, 0.05) is 0 Å². The summed E-state index contributed by atoms with van der Waals surface area (Å²) < 4.78 is 4.80. The van der Waals surface area contributed by atoms with Gasteiger partial charge in [-0.05, 0) is 13.3 Å². The van der Waals surface area contributed by atoms with Crippen molar-refractivity contribution in [3.8, 4) is 0 Å². The van der Waals surface area contributed by atoms with Gasteiger partial charge >= 0.3 is 5.97 Å². The Morgan fingerprint density at radius 3 is 2.73 bits per heavy atom. The molecule has 0 saturated heterocycles. The molecule has 0 N–H and O–H groups in total. The number of esters is 1. The quantitative estimate of drug-likeness (QED) is 0.374. The molecule has 0 rings (SSSR count). The van der Waals surface area contributed by atoms with Crippen LogP contribution in [0, 0.1) is 0 Å². The number of carbonyl (C=O) groups is 1. The fourth-order valence-corrected chi connectivity index (χ4v) is 0.551. The average Bonchev–Trinajstić information content (AvgIpc) is 2.03. The number of hydrogen-bond acceptors (Lipinski definition) is 2. The molecule has 0 aliphatic rings. The first-order chi connectivity index (χ1) is 5.22. The maximum Gasteiger partial charge on any atom is 0.349 e. The maximum absolute atomic E-state index is 10.8. The van der Waals surface area contributed by atoms with E-state index in [0.717, 1.165) is 12.8 Å². The van der Waals surface area contributed by atoms with Crippen LogP contribution in [0.2, 0.25) is 0 Å². The van der Waals surface area contributed by atoms with Crippen LogP contribution in [0.15, 0.2) is 11.1 Å². The van der Waals surface area contributed by atoms with Crippen LogP contribution in [-0.2, 0) is 9.53 Å². The molecule has 0 aromatic heterocycles. The number of ether oxygens (including phenoxy) is 1. The van der Waals surface area contributed by atoms with Gasteiger partial charge in [-0.25, -0.2) is 4.79 Å². The van der Waals surface area contributed by atoms with Crippen LogP contribution in [0.1, 0.15) is 26.7 Å². The summed E-state index contributed by atoms with van der Waals surface area (Å²) in [6, 6.07) is 0. The molecule has 0 bridgehead atoms. The summed E-state index contributed by atoms with van der Waals surface area (Å²) in [5.74, 6) is -0.428. The predicted molar refractivity (Wildman–Crippen MR) is 45.5 cm³/mol. The Hall–Kier alpha value is -0.500. The first-order valence-electron chi connectivity index (χ1n) is 3.71. The number of allylic oxidation sites excluding steroid dienone is 1. The van der Waals surface area contributed by atoms with Crippen LogP contribution in [0.5, 0.6) is 0 Å². The van der Waals surface area contributed by atoms with E-state index in [9.17, 15) is 4.79 Å². The lowest BCUT2D eigenvalue weighted by atomic mass is 10.4. The lowest BCUT2D eigenvalue weighted by molar-refractivity contribution is -0.138. The van der Waals surface area contributed by atoms with E-state index in [0.29, 0.717) is 6.61 Å². The highest BCUT2D eigenvalue weighted by molar-refractivity contribution is 6.41. The Morgan fingerprint density at radius 2 is 2.27 bits per heavy atom. The smallest absolute Gasteiger partial charge is 0.349 e. The van der Waals surface area contributed by atoms with Crippen molar-refractivity contribution in [2.45, 2.75) is 26.7 Å². The van der Waals surface area contributed by atoms with Gasteiger partial charge in [0.2, 0.25) is 0 Å². The van der Waals surface area contributed by atoms with E-state index in [2.05, 4.69) is 0 Å². The number of rotatable bonds is 4. The summed E-state index contributed by atoms with van der Waals surface area (Å²) in [6.07, 6.45) is 3.43. The predicted octanol–water partition coefficient (Wildman–Crippen LogP) is 2.47. The molecule has 0 aromatic carbocycles. The van der Waals surface area contributed by atoms with Crippen molar-refractivity contribution >= 4 is 17.6 Å². The Morgan fingerprint density at radius 1 is 1.64 bits per heavy atom. The van der Waals surface area contributed by atoms with Gasteiger partial charge in [0.15, 0.2) is 0 Å². The van der Waals surface area contributed by atoms with Gasteiger partial charge < -0.3 is 4.74 Å². The van der Waals surface area contributed by atoms with Gasteiger partial charge in [-0.15, -0.1) is 0 Å². The van der Waals surface area contributed by atoms with E-state index in [-0.39, 0.29) is 5.03 Å². The summed E-state index contributed by atoms with van der Waals surface area (Å²) in [4.78, 5) is 10.8. The summed E-state index contributed by atoms with van der Waals surface area (Å²) in [7, 11) is 0. The van der Waals surface area contributed by atoms with Crippen molar-refractivity contribution in [1.82, 2.24) is 0 Å². The SMILES string of the molecule is C/C=C(\Cl)C(=O)OCCCC. The average molecular weight is 177 g/mol. The maximum atomic E-state index is 10.8. The molecule has 0 fully saturated rings. The third-order valence-corrected chi connectivity index (χ3v) is 1.55. The molecule has 0 heterocycles. The van der Waals surface area contributed by atoms with Crippen molar-refractivity contribution in [2.75, 3.05) is 6.61 Å². The Kier molecular flexibility index (Phi) is 5.94. The van der Waals surface area contributed by atoms with Crippen LogP contribution in [-0.4, -0.2) is 12.6 Å². The molecule has 0 radical (unpaired) electrons. The fraction of sp³-hybridized carbons (Fsp3) is 0.625. The molecule has 2 nitrogen and oxygen atoms in total. The van der Waals surface area contributed by atoms with E-state index in [1.165, 1.54) is 6.08 Å². The Labute approximate surface area is 72.2 Å². The van der Waals surface area contributed by atoms with E-state index in [4.69, 9.17) is 16.3 Å². The molecule has 0 unspecified atom stereocenters. The topological polar surface area (TPSA) is 26.3 Å². The second-order valence-electron chi connectivity index (χ2n) is 2.13. The minimum atomic E-state index is -0.428. The molecule has 0 atom stereocenters. The monoisotopic (exact) mass is 176 g/mol. The zero-order valence-electron chi connectivity index (χ0n) is 6.89. The second-order valence-corrected chi connectivity index (χ2v) is 2.53. The minimum Gasteiger partial charge on any atom is -0.461 e. The summed E-state index contributed by atoms with van der Waals surface area (Å²) in [6.45, 7) is 4.19. The van der Waals surface area contributed by atoms with Gasteiger partial charge in [-0.2, -0.15) is 0 Å². The molecule has 3 heteroatoms. The highest BCUT2D eigenvalue weighted by atomic mass is 35.5. The molecule has 0 saturated carbocycles. The lowest BCUT2D eigenvalue weighted by Crippen LogP contribution is -2.05. The first-order valence-corrected chi connectivity index (χ1v) is 4.09. The van der Waals surface area contributed by atoms with Crippen molar-refractivity contribution in [2.24, 2.45) is 0 Å². The largest absolute Gasteiger partial charge is 0.461 e. The molecule has 11 heavy (non-hydrogen) atoms. The molecular formula is C8H13ClO2. The highest BCUT2D eigenvalue weighted by Gasteiger charge is 2.04. The van der Waals surface area contributed by atoms with Crippen molar-refractivity contribution in [3.05, 3.63) is 11.1 Å². The minimum absolute atomic E-state index is 0.154. The van der Waals surface area contributed by atoms with Crippen LogP contribution >= 0.6 is 11.6 Å². The van der Waals surface area contributed by atoms with Gasteiger partial charge in [0.05, 0.1) is 6.61 Å². The first kappa shape index (κ1) is 10.5. The Balaban J connectivity index is 3.53. The summed E-state index contributed by atoms with van der Waals surface area (Å²) in [5, 5.41) is 0.154. The van der Waals surface area contributed by atoms with E-state index >= 15 is 0 Å². The zero-order chi connectivity index (χ0) is 8.69. The lowest BCUT2D eigenvalue weighted by Gasteiger charge is -2.00. The van der Waals surface area contributed by atoms with Crippen LogP contribution < -0.4 is 0 Å². The molecule has 0 amide bonds. The van der Waals surface area contributed by atoms with Crippen molar-refractivity contribution in [3.63, 3.8) is 0 Å². The summed E-state index contributed by atoms with van der Waals surface area (Å²) >= 11 is 5.48. The van der Waals surface area contributed by atoms with Gasteiger partial charge in [0.25, 0.3) is 0 Å². The molecule has 0 aliphatic heterocycles. The number of hydrogen-bond donors (Lipinski definition) is 0. The van der Waals surface area contributed by atoms with Gasteiger partial charge in [-0.3, -0.25) is 0 Å². The van der Waals surface area contributed by atoms with E-state index in [1.54, 1.807) is 6.92 Å². The van der Waals surface area contributed by atoms with Crippen molar-refractivity contribution in [1.29, 1.82) is 0 Å². The van der Waals surface area contributed by atoms with Gasteiger partial charge in [0.1, 0.15) is 5.03 Å². The van der Waals surface area contributed by atoms with Crippen LogP contribution in [0.3, 0.4) is 0 Å². The third kappa shape index (κ3) is 4.85. The molecule has 0 aliphatic carbocycles. The summed E-state index contributed by atoms with van der Waals surface area (Å²) in [5.41, 5.74) is 0. The standard InChI is InChI=1S/C8H13ClO2/c1-3-5-6-11-8(10)7(9)4-2/h4H,3,5-6H2,1-2H3/b7-4-. The van der Waals surface area contributed by atoms with Crippen LogP contribution in [0.25, 0.3) is 0 Å². The molecule has 0 spiro atoms. The van der Waals surface area contributed by atoms with Crippen molar-refractivity contribution < 1.29 is 9.53 Å². The second kappa shape index (κ2) is 6.23. The number of unbranched alkanes of at least 4 members (excludes halogenated alkanes) is 1. The highest BCUT2D eigenvalue weighted by Crippen LogP contribution is 2.03. The third-order valence-electron chi connectivity index (χ3n) is 1.18. The molecular weight excluding hydrogens is 164 g/mol. The number of carbonyl (C=O) groups excluding carboxylic acids is 1. The normalized spacial score (nSPS) is 11.4. The van der Waals surface area contributed by atoms with E-state index in [1.807, 2.05) is 6.92 Å². The fourth-order valence-electron chi connectivity index (χ4n) is 0.496. The molecule has 0 aromatic rings. The van der Waals surface area contributed by atoms with E-state index < -0.39 is 5.97 Å².